The van der Waals surface area contributed by atoms with Crippen molar-refractivity contribution in [1.29, 1.82) is 0 Å². The van der Waals surface area contributed by atoms with Crippen molar-refractivity contribution >= 4 is 0 Å². The van der Waals surface area contributed by atoms with Gasteiger partial charge in [-0.05, 0) is 43.5 Å². The monoisotopic (exact) mass is 219 g/mol. The molecule has 1 spiro atoms. The van der Waals surface area contributed by atoms with Crippen molar-refractivity contribution in [2.45, 2.75) is 18.3 Å². The first-order valence-corrected chi connectivity index (χ1v) is 5.81. The summed E-state index contributed by atoms with van der Waals surface area (Å²) in [5, 5.41) is 0. The van der Waals surface area contributed by atoms with Gasteiger partial charge in [0.1, 0.15) is 11.5 Å². The maximum Gasteiger partial charge on any atom is 0.123 e. The van der Waals surface area contributed by atoms with Crippen molar-refractivity contribution in [3.05, 3.63) is 23.8 Å². The van der Waals surface area contributed by atoms with Crippen LogP contribution in [0.4, 0.5) is 0 Å². The van der Waals surface area contributed by atoms with Crippen LogP contribution in [-0.2, 0) is 5.41 Å². The SMILES string of the molecule is COc1ccc2c(c1)[C@@]1(CCO2)C[C@@H]1CN. The zero-order valence-electron chi connectivity index (χ0n) is 9.53. The van der Waals surface area contributed by atoms with Gasteiger partial charge in [-0.15, -0.1) is 0 Å². The van der Waals surface area contributed by atoms with Crippen LogP contribution in [0.25, 0.3) is 0 Å². The van der Waals surface area contributed by atoms with E-state index in [9.17, 15) is 0 Å². The third-order valence-electron chi connectivity index (χ3n) is 4.05. The lowest BCUT2D eigenvalue weighted by atomic mass is 9.87. The maximum atomic E-state index is 5.79. The van der Waals surface area contributed by atoms with E-state index in [-0.39, 0.29) is 5.41 Å². The minimum Gasteiger partial charge on any atom is -0.497 e. The normalized spacial score (nSPS) is 30.8. The Morgan fingerprint density at radius 2 is 2.44 bits per heavy atom. The second kappa shape index (κ2) is 3.39. The van der Waals surface area contributed by atoms with Gasteiger partial charge in [-0.1, -0.05) is 0 Å². The lowest BCUT2D eigenvalue weighted by Gasteiger charge is -2.27. The molecule has 0 aromatic heterocycles. The molecule has 1 heterocycles. The maximum absolute atomic E-state index is 5.79. The molecule has 3 rings (SSSR count). The molecule has 2 atom stereocenters. The highest BCUT2D eigenvalue weighted by Gasteiger charge is 2.56. The largest absolute Gasteiger partial charge is 0.497 e. The van der Waals surface area contributed by atoms with E-state index in [1.807, 2.05) is 12.1 Å². The average molecular weight is 219 g/mol. The molecule has 3 heteroatoms. The summed E-state index contributed by atoms with van der Waals surface area (Å²) in [7, 11) is 1.70. The summed E-state index contributed by atoms with van der Waals surface area (Å²) >= 11 is 0. The van der Waals surface area contributed by atoms with Gasteiger partial charge in [0.05, 0.1) is 13.7 Å². The number of rotatable bonds is 2. The molecule has 0 amide bonds. The molecule has 0 bridgehead atoms. The third-order valence-corrected chi connectivity index (χ3v) is 4.05. The predicted octanol–water partition coefficient (Wildman–Crippen LogP) is 1.69. The number of hydrogen-bond acceptors (Lipinski definition) is 3. The van der Waals surface area contributed by atoms with Gasteiger partial charge in [-0.25, -0.2) is 0 Å². The number of methoxy groups -OCH3 is 1. The molecule has 16 heavy (non-hydrogen) atoms. The van der Waals surface area contributed by atoms with E-state index in [0.29, 0.717) is 5.92 Å². The first-order valence-electron chi connectivity index (χ1n) is 5.81. The predicted molar refractivity (Wildman–Crippen MR) is 61.9 cm³/mol. The highest BCUT2D eigenvalue weighted by Crippen LogP contribution is 2.60. The van der Waals surface area contributed by atoms with Gasteiger partial charge in [0, 0.05) is 11.0 Å². The van der Waals surface area contributed by atoms with Crippen LogP contribution in [0.5, 0.6) is 11.5 Å². The summed E-state index contributed by atoms with van der Waals surface area (Å²) in [6, 6.07) is 6.09. The molecular formula is C13H17NO2. The second-order valence-electron chi connectivity index (χ2n) is 4.75. The van der Waals surface area contributed by atoms with E-state index >= 15 is 0 Å². The standard InChI is InChI=1S/C13H17NO2/c1-15-10-2-3-12-11(6-10)13(4-5-16-12)7-9(13)8-14/h2-3,6,9H,4-5,7-8,14H2,1H3/t9-,13+/m1/s1. The molecule has 1 aliphatic carbocycles. The Morgan fingerprint density at radius 3 is 3.12 bits per heavy atom. The third kappa shape index (κ3) is 1.24. The molecule has 86 valence electrons. The van der Waals surface area contributed by atoms with Crippen molar-refractivity contribution in [3.63, 3.8) is 0 Å². The topological polar surface area (TPSA) is 44.5 Å². The molecule has 1 aromatic carbocycles. The molecule has 2 aliphatic rings. The van der Waals surface area contributed by atoms with E-state index < -0.39 is 0 Å². The zero-order chi connectivity index (χ0) is 11.2. The van der Waals surface area contributed by atoms with Crippen molar-refractivity contribution in [1.82, 2.24) is 0 Å². The first-order chi connectivity index (χ1) is 7.80. The first kappa shape index (κ1) is 9.97. The molecule has 0 unspecified atom stereocenters. The molecule has 2 N–H and O–H groups in total. The van der Waals surface area contributed by atoms with E-state index in [1.54, 1.807) is 7.11 Å². The van der Waals surface area contributed by atoms with Gasteiger partial charge >= 0.3 is 0 Å². The minimum atomic E-state index is 0.289. The Bertz CT molecular complexity index is 418. The quantitative estimate of drug-likeness (QED) is 0.823. The minimum absolute atomic E-state index is 0.289. The summed E-state index contributed by atoms with van der Waals surface area (Å²) in [5.74, 6) is 2.55. The van der Waals surface area contributed by atoms with E-state index in [2.05, 4.69) is 6.07 Å². The molecule has 1 aliphatic heterocycles. The smallest absolute Gasteiger partial charge is 0.123 e. The fourth-order valence-electron chi connectivity index (χ4n) is 2.95. The molecule has 0 saturated heterocycles. The molecule has 1 aromatic rings. The Labute approximate surface area is 95.5 Å². The van der Waals surface area contributed by atoms with E-state index in [0.717, 1.165) is 31.1 Å². The Kier molecular flexibility index (Phi) is 2.11. The van der Waals surface area contributed by atoms with Crippen molar-refractivity contribution < 1.29 is 9.47 Å². The highest BCUT2D eigenvalue weighted by molar-refractivity contribution is 5.50. The van der Waals surface area contributed by atoms with Crippen LogP contribution in [0.2, 0.25) is 0 Å². The number of ether oxygens (including phenoxy) is 2. The molecule has 1 saturated carbocycles. The molecule has 0 radical (unpaired) electrons. The highest BCUT2D eigenvalue weighted by atomic mass is 16.5. The van der Waals surface area contributed by atoms with Gasteiger partial charge in [-0.3, -0.25) is 0 Å². The van der Waals surface area contributed by atoms with Crippen molar-refractivity contribution in [2.75, 3.05) is 20.3 Å². The Balaban J connectivity index is 2.04. The van der Waals surface area contributed by atoms with E-state index in [4.69, 9.17) is 15.2 Å². The zero-order valence-corrected chi connectivity index (χ0v) is 9.53. The molecule has 3 nitrogen and oxygen atoms in total. The van der Waals surface area contributed by atoms with Crippen LogP contribution in [-0.4, -0.2) is 20.3 Å². The van der Waals surface area contributed by atoms with Crippen molar-refractivity contribution in [2.24, 2.45) is 11.7 Å². The van der Waals surface area contributed by atoms with Gasteiger partial charge < -0.3 is 15.2 Å². The lowest BCUT2D eigenvalue weighted by Crippen LogP contribution is -2.24. The molecular weight excluding hydrogens is 202 g/mol. The number of fused-ring (bicyclic) bond motifs is 2. The number of benzene rings is 1. The van der Waals surface area contributed by atoms with Crippen LogP contribution >= 0.6 is 0 Å². The van der Waals surface area contributed by atoms with Crippen molar-refractivity contribution in [3.8, 4) is 11.5 Å². The summed E-state index contributed by atoms with van der Waals surface area (Å²) in [6.45, 7) is 1.59. The average Bonchev–Trinajstić information content (AvgIpc) is 3.04. The van der Waals surface area contributed by atoms with Crippen LogP contribution in [0, 0.1) is 5.92 Å². The number of nitrogens with two attached hydrogens (primary N) is 1. The fourth-order valence-corrected chi connectivity index (χ4v) is 2.95. The van der Waals surface area contributed by atoms with Gasteiger partial charge in [-0.2, -0.15) is 0 Å². The summed E-state index contributed by atoms with van der Waals surface area (Å²) in [6.07, 6.45) is 2.29. The Hall–Kier alpha value is -1.22. The Morgan fingerprint density at radius 1 is 1.56 bits per heavy atom. The summed E-state index contributed by atoms with van der Waals surface area (Å²) in [5.41, 5.74) is 7.38. The van der Waals surface area contributed by atoms with Crippen LogP contribution < -0.4 is 15.2 Å². The van der Waals surface area contributed by atoms with Crippen LogP contribution in [0.15, 0.2) is 18.2 Å². The lowest BCUT2D eigenvalue weighted by molar-refractivity contribution is 0.253. The van der Waals surface area contributed by atoms with Gasteiger partial charge in [0.2, 0.25) is 0 Å². The van der Waals surface area contributed by atoms with E-state index in [1.165, 1.54) is 12.0 Å². The molecule has 1 fully saturated rings. The summed E-state index contributed by atoms with van der Waals surface area (Å²) in [4.78, 5) is 0. The fraction of sp³-hybridized carbons (Fsp3) is 0.538. The van der Waals surface area contributed by atoms with Gasteiger partial charge in [0.15, 0.2) is 0 Å². The van der Waals surface area contributed by atoms with Crippen LogP contribution in [0.3, 0.4) is 0 Å². The van der Waals surface area contributed by atoms with Gasteiger partial charge in [0.25, 0.3) is 0 Å². The number of hydrogen-bond donors (Lipinski definition) is 1. The summed E-state index contributed by atoms with van der Waals surface area (Å²) < 4.78 is 11.0. The van der Waals surface area contributed by atoms with Crippen LogP contribution in [0.1, 0.15) is 18.4 Å². The second-order valence-corrected chi connectivity index (χ2v) is 4.75.